The van der Waals surface area contributed by atoms with Crippen LogP contribution in [0.1, 0.15) is 37.5 Å². The fourth-order valence-electron chi connectivity index (χ4n) is 3.58. The maximum atomic E-state index is 12.6. The quantitative estimate of drug-likeness (QED) is 0.645. The van der Waals surface area contributed by atoms with E-state index in [0.717, 1.165) is 16.7 Å². The molecule has 1 fully saturated rings. The number of nitrogens with one attached hydrogen (secondary N) is 2. The van der Waals surface area contributed by atoms with E-state index in [4.69, 9.17) is 4.74 Å². The lowest BCUT2D eigenvalue weighted by atomic mass is 10.1. The predicted octanol–water partition coefficient (Wildman–Crippen LogP) is 3.15. The summed E-state index contributed by atoms with van der Waals surface area (Å²) < 4.78 is 5.84. The van der Waals surface area contributed by atoms with Gasteiger partial charge in [-0.05, 0) is 37.5 Å². The summed E-state index contributed by atoms with van der Waals surface area (Å²) in [4.78, 5) is 28.7. The highest BCUT2D eigenvalue weighted by Gasteiger charge is 2.22. The maximum Gasteiger partial charge on any atom is 0.317 e. The zero-order valence-electron chi connectivity index (χ0n) is 20.0. The lowest BCUT2D eigenvalue weighted by molar-refractivity contribution is -0.122. The van der Waals surface area contributed by atoms with Crippen molar-refractivity contribution in [2.24, 2.45) is 0 Å². The first-order chi connectivity index (χ1) is 15.8. The zero-order chi connectivity index (χ0) is 23.7. The second-order valence-corrected chi connectivity index (χ2v) is 9.41. The first kappa shape index (κ1) is 24.7. The number of ether oxygens (including phenoxy) is 1. The van der Waals surface area contributed by atoms with Crippen molar-refractivity contribution in [2.75, 3.05) is 32.7 Å². The number of amides is 3. The van der Waals surface area contributed by atoms with Crippen molar-refractivity contribution in [3.8, 4) is 0 Å². The molecule has 3 amide bonds. The van der Waals surface area contributed by atoms with Crippen molar-refractivity contribution in [3.63, 3.8) is 0 Å². The Morgan fingerprint density at radius 1 is 0.848 bits per heavy atom. The molecule has 0 bridgehead atoms. The summed E-state index contributed by atoms with van der Waals surface area (Å²) in [6.45, 7) is 10.6. The van der Waals surface area contributed by atoms with Crippen LogP contribution in [0, 0.1) is 0 Å². The van der Waals surface area contributed by atoms with Crippen LogP contribution in [0.25, 0.3) is 0 Å². The molecular formula is C26H36N4O3. The van der Waals surface area contributed by atoms with Gasteiger partial charge in [0.25, 0.3) is 0 Å². The van der Waals surface area contributed by atoms with Crippen LogP contribution in [-0.4, -0.2) is 60.1 Å². The second-order valence-electron chi connectivity index (χ2n) is 9.41. The van der Waals surface area contributed by atoms with Crippen LogP contribution >= 0.6 is 0 Å². The number of benzene rings is 2. The normalized spacial score (nSPS) is 14.7. The molecule has 33 heavy (non-hydrogen) atoms. The minimum absolute atomic E-state index is 0.00655. The number of carbonyl (C=O) groups is 2. The Morgan fingerprint density at radius 2 is 1.48 bits per heavy atom. The van der Waals surface area contributed by atoms with Crippen LogP contribution in [0.4, 0.5) is 4.79 Å². The molecule has 1 saturated heterocycles. The van der Waals surface area contributed by atoms with E-state index in [-0.39, 0.29) is 17.5 Å². The average molecular weight is 453 g/mol. The van der Waals surface area contributed by atoms with Crippen molar-refractivity contribution in [3.05, 3.63) is 71.3 Å². The molecular weight excluding hydrogens is 416 g/mol. The molecule has 1 heterocycles. The summed E-state index contributed by atoms with van der Waals surface area (Å²) in [6.07, 6.45) is 0. The van der Waals surface area contributed by atoms with E-state index in [1.165, 1.54) is 0 Å². The monoisotopic (exact) mass is 452 g/mol. The van der Waals surface area contributed by atoms with Gasteiger partial charge < -0.3 is 20.3 Å². The molecule has 0 aliphatic carbocycles. The van der Waals surface area contributed by atoms with Crippen molar-refractivity contribution in [1.82, 2.24) is 20.4 Å². The summed E-state index contributed by atoms with van der Waals surface area (Å²) in [6, 6.07) is 17.9. The molecule has 0 unspecified atom stereocenters. The van der Waals surface area contributed by atoms with Crippen LogP contribution in [0.2, 0.25) is 0 Å². The van der Waals surface area contributed by atoms with Gasteiger partial charge >= 0.3 is 6.03 Å². The minimum atomic E-state index is -0.186. The molecule has 7 nitrogen and oxygen atoms in total. The number of urea groups is 1. The molecule has 178 valence electrons. The van der Waals surface area contributed by atoms with Crippen molar-refractivity contribution in [2.45, 2.75) is 46.1 Å². The van der Waals surface area contributed by atoms with Gasteiger partial charge in [-0.1, -0.05) is 54.6 Å². The molecule has 0 spiro atoms. The molecule has 0 atom stereocenters. The number of nitrogens with zero attached hydrogens (tertiary/aromatic N) is 2. The number of hydrogen-bond acceptors (Lipinski definition) is 4. The number of hydrogen-bond donors (Lipinski definition) is 2. The molecule has 7 heteroatoms. The van der Waals surface area contributed by atoms with Gasteiger partial charge in [0.15, 0.2) is 0 Å². The first-order valence-electron chi connectivity index (χ1n) is 11.6. The number of rotatable bonds is 8. The second kappa shape index (κ2) is 11.8. The number of carbonyl (C=O) groups excluding carboxylic acids is 2. The van der Waals surface area contributed by atoms with Gasteiger partial charge in [0, 0.05) is 39.3 Å². The van der Waals surface area contributed by atoms with Gasteiger partial charge in [0.05, 0.1) is 18.8 Å². The predicted molar refractivity (Wildman–Crippen MR) is 130 cm³/mol. The van der Waals surface area contributed by atoms with Crippen molar-refractivity contribution < 1.29 is 14.3 Å². The Labute approximate surface area is 197 Å². The molecule has 0 aromatic heterocycles. The van der Waals surface area contributed by atoms with Crippen LogP contribution in [0.5, 0.6) is 0 Å². The topological polar surface area (TPSA) is 73.9 Å². The third-order valence-electron chi connectivity index (χ3n) is 5.47. The summed E-state index contributed by atoms with van der Waals surface area (Å²) in [7, 11) is 0. The van der Waals surface area contributed by atoms with Gasteiger partial charge in [-0.25, -0.2) is 4.79 Å². The Hall–Kier alpha value is -2.90. The smallest absolute Gasteiger partial charge is 0.317 e. The third kappa shape index (κ3) is 8.86. The standard InChI is InChI=1S/C26H36N4O3/c1-26(2,3)33-20-23-11-7-10-22(16-23)18-28-25(32)30-14-12-29(13-15-30)19-24(31)27-17-21-8-5-4-6-9-21/h4-11,16H,12-15,17-20H2,1-3H3,(H,27,31)(H,28,32). The van der Waals surface area contributed by atoms with E-state index in [0.29, 0.717) is 52.4 Å². The van der Waals surface area contributed by atoms with E-state index in [1.54, 1.807) is 0 Å². The summed E-state index contributed by atoms with van der Waals surface area (Å²) >= 11 is 0. The lowest BCUT2D eigenvalue weighted by Crippen LogP contribution is -2.53. The Morgan fingerprint density at radius 3 is 2.18 bits per heavy atom. The molecule has 0 radical (unpaired) electrons. The molecule has 2 aromatic carbocycles. The van der Waals surface area contributed by atoms with Crippen LogP contribution in [-0.2, 0) is 29.2 Å². The van der Waals surface area contributed by atoms with Crippen molar-refractivity contribution >= 4 is 11.9 Å². The molecule has 0 saturated carbocycles. The highest BCUT2D eigenvalue weighted by atomic mass is 16.5. The SMILES string of the molecule is CC(C)(C)OCc1cccc(CNC(=O)N2CCN(CC(=O)NCc3ccccc3)CC2)c1. The first-order valence-corrected chi connectivity index (χ1v) is 11.6. The van der Waals surface area contributed by atoms with E-state index < -0.39 is 0 Å². The van der Waals surface area contributed by atoms with Crippen LogP contribution in [0.3, 0.4) is 0 Å². The summed E-state index contributed by atoms with van der Waals surface area (Å²) in [5, 5.41) is 5.97. The molecule has 2 N–H and O–H groups in total. The lowest BCUT2D eigenvalue weighted by Gasteiger charge is -2.34. The van der Waals surface area contributed by atoms with Crippen LogP contribution < -0.4 is 10.6 Å². The van der Waals surface area contributed by atoms with Gasteiger partial charge in [-0.15, -0.1) is 0 Å². The fraction of sp³-hybridized carbons (Fsp3) is 0.462. The van der Waals surface area contributed by atoms with Gasteiger partial charge in [0.2, 0.25) is 5.91 Å². The molecule has 3 rings (SSSR count). The molecule has 1 aliphatic heterocycles. The summed E-state index contributed by atoms with van der Waals surface area (Å²) in [5.74, 6) is 0.00655. The molecule has 2 aromatic rings. The van der Waals surface area contributed by atoms with Crippen molar-refractivity contribution in [1.29, 1.82) is 0 Å². The average Bonchev–Trinajstić information content (AvgIpc) is 2.81. The van der Waals surface area contributed by atoms with E-state index in [1.807, 2.05) is 74.2 Å². The number of piperazine rings is 1. The van der Waals surface area contributed by atoms with E-state index in [2.05, 4.69) is 21.6 Å². The Bertz CT molecular complexity index is 903. The highest BCUT2D eigenvalue weighted by Crippen LogP contribution is 2.13. The van der Waals surface area contributed by atoms with Gasteiger partial charge in [-0.3, -0.25) is 9.69 Å². The van der Waals surface area contributed by atoms with E-state index >= 15 is 0 Å². The van der Waals surface area contributed by atoms with Gasteiger partial charge in [-0.2, -0.15) is 0 Å². The third-order valence-corrected chi connectivity index (χ3v) is 5.47. The largest absolute Gasteiger partial charge is 0.371 e. The highest BCUT2D eigenvalue weighted by molar-refractivity contribution is 5.78. The Balaban J connectivity index is 1.36. The molecule has 1 aliphatic rings. The Kier molecular flexibility index (Phi) is 8.86. The minimum Gasteiger partial charge on any atom is -0.371 e. The maximum absolute atomic E-state index is 12.6. The fourth-order valence-corrected chi connectivity index (χ4v) is 3.58. The van der Waals surface area contributed by atoms with Crippen LogP contribution in [0.15, 0.2) is 54.6 Å². The zero-order valence-corrected chi connectivity index (χ0v) is 20.0. The van der Waals surface area contributed by atoms with E-state index in [9.17, 15) is 9.59 Å². The summed E-state index contributed by atoms with van der Waals surface area (Å²) in [5.41, 5.74) is 3.04. The van der Waals surface area contributed by atoms with Gasteiger partial charge in [0.1, 0.15) is 0 Å².